The van der Waals surface area contributed by atoms with Crippen LogP contribution in [0, 0.1) is 19.7 Å². The number of benzene rings is 1. The van der Waals surface area contributed by atoms with Gasteiger partial charge in [0.25, 0.3) is 0 Å². The molecule has 0 fully saturated rings. The van der Waals surface area contributed by atoms with Gasteiger partial charge in [-0.2, -0.15) is 0 Å². The zero-order chi connectivity index (χ0) is 14.9. The van der Waals surface area contributed by atoms with Crippen LogP contribution >= 0.6 is 11.3 Å². The summed E-state index contributed by atoms with van der Waals surface area (Å²) in [6.07, 6.45) is 0. The van der Waals surface area contributed by atoms with Crippen LogP contribution in [0.2, 0.25) is 0 Å². The zero-order valence-electron chi connectivity index (χ0n) is 12.3. The first-order valence-corrected chi connectivity index (χ1v) is 7.43. The van der Waals surface area contributed by atoms with Gasteiger partial charge in [0.1, 0.15) is 5.82 Å². The Labute approximate surface area is 123 Å². The van der Waals surface area contributed by atoms with Gasteiger partial charge in [0, 0.05) is 23.7 Å². The van der Waals surface area contributed by atoms with Crippen LogP contribution in [0.3, 0.4) is 0 Å². The molecule has 1 aromatic carbocycles. The number of nitrogens with zero attached hydrogens (tertiary/aromatic N) is 2. The molecule has 0 aliphatic heterocycles. The maximum atomic E-state index is 13.7. The van der Waals surface area contributed by atoms with Gasteiger partial charge >= 0.3 is 0 Å². The average molecular weight is 293 g/mol. The molecule has 108 valence electrons. The number of rotatable bonds is 4. The summed E-state index contributed by atoms with van der Waals surface area (Å²) in [5, 5.41) is 0. The summed E-state index contributed by atoms with van der Waals surface area (Å²) < 4.78 is 13.7. The summed E-state index contributed by atoms with van der Waals surface area (Å²) in [6.45, 7) is 6.40. The van der Waals surface area contributed by atoms with Gasteiger partial charge in [-0.15, -0.1) is 11.3 Å². The highest BCUT2D eigenvalue weighted by Gasteiger charge is 2.15. The summed E-state index contributed by atoms with van der Waals surface area (Å²) in [4.78, 5) is 7.58. The van der Waals surface area contributed by atoms with Gasteiger partial charge in [-0.25, -0.2) is 9.37 Å². The first-order chi connectivity index (χ1) is 9.40. The van der Waals surface area contributed by atoms with E-state index in [1.807, 2.05) is 32.5 Å². The maximum Gasteiger partial charge on any atom is 0.126 e. The summed E-state index contributed by atoms with van der Waals surface area (Å²) in [6, 6.07) is 3.21. The molecule has 3 nitrogen and oxygen atoms in total. The Morgan fingerprint density at radius 3 is 2.65 bits per heavy atom. The van der Waals surface area contributed by atoms with Crippen molar-refractivity contribution in [2.75, 3.05) is 11.9 Å². The van der Waals surface area contributed by atoms with E-state index in [1.165, 1.54) is 4.88 Å². The molecule has 0 aliphatic rings. The van der Waals surface area contributed by atoms with E-state index in [1.54, 1.807) is 24.3 Å². The predicted molar refractivity (Wildman–Crippen MR) is 82.7 cm³/mol. The molecule has 0 spiro atoms. The van der Waals surface area contributed by atoms with Gasteiger partial charge in [-0.05, 0) is 44.0 Å². The van der Waals surface area contributed by atoms with Crippen molar-refractivity contribution in [1.29, 1.82) is 0 Å². The molecule has 0 bridgehead atoms. The van der Waals surface area contributed by atoms with Crippen LogP contribution in [0.1, 0.15) is 34.7 Å². The number of halogens is 1. The highest BCUT2D eigenvalue weighted by atomic mass is 32.1. The number of hydrogen-bond acceptors (Lipinski definition) is 4. The molecule has 5 heteroatoms. The SMILES string of the molecule is Cc1cc(N(C)Cc2scnc2C)c([C@@H](C)N)cc1F. The van der Waals surface area contributed by atoms with Crippen LogP contribution in [0.25, 0.3) is 0 Å². The minimum atomic E-state index is -0.205. The Hall–Kier alpha value is -1.46. The smallest absolute Gasteiger partial charge is 0.126 e. The van der Waals surface area contributed by atoms with Crippen LogP contribution in [-0.2, 0) is 6.54 Å². The molecule has 20 heavy (non-hydrogen) atoms. The highest BCUT2D eigenvalue weighted by Crippen LogP contribution is 2.29. The molecule has 1 heterocycles. The van der Waals surface area contributed by atoms with Crippen molar-refractivity contribution in [3.63, 3.8) is 0 Å². The van der Waals surface area contributed by atoms with Crippen molar-refractivity contribution in [3.8, 4) is 0 Å². The fraction of sp³-hybridized carbons (Fsp3) is 0.400. The van der Waals surface area contributed by atoms with E-state index >= 15 is 0 Å². The Morgan fingerprint density at radius 2 is 2.10 bits per heavy atom. The number of aromatic nitrogens is 1. The molecule has 1 aromatic heterocycles. The number of thiazole rings is 1. The lowest BCUT2D eigenvalue weighted by Gasteiger charge is -2.24. The van der Waals surface area contributed by atoms with Crippen LogP contribution < -0.4 is 10.6 Å². The van der Waals surface area contributed by atoms with Crippen molar-refractivity contribution >= 4 is 17.0 Å². The summed E-state index contributed by atoms with van der Waals surface area (Å²) >= 11 is 1.64. The third-order valence-electron chi connectivity index (χ3n) is 3.44. The van der Waals surface area contributed by atoms with Crippen LogP contribution in [0.5, 0.6) is 0 Å². The fourth-order valence-corrected chi connectivity index (χ4v) is 2.99. The van der Waals surface area contributed by atoms with Crippen molar-refractivity contribution in [2.24, 2.45) is 5.73 Å². The molecule has 2 N–H and O–H groups in total. The monoisotopic (exact) mass is 293 g/mol. The van der Waals surface area contributed by atoms with E-state index in [0.717, 1.165) is 23.5 Å². The van der Waals surface area contributed by atoms with Gasteiger partial charge in [-0.1, -0.05) is 0 Å². The first-order valence-electron chi connectivity index (χ1n) is 6.56. The highest BCUT2D eigenvalue weighted by molar-refractivity contribution is 7.09. The largest absolute Gasteiger partial charge is 0.369 e. The molecular weight excluding hydrogens is 273 g/mol. The second-order valence-corrected chi connectivity index (χ2v) is 6.11. The zero-order valence-corrected chi connectivity index (χ0v) is 13.1. The van der Waals surface area contributed by atoms with Crippen molar-refractivity contribution in [2.45, 2.75) is 33.4 Å². The van der Waals surface area contributed by atoms with Crippen LogP contribution in [0.4, 0.5) is 10.1 Å². The van der Waals surface area contributed by atoms with Crippen LogP contribution in [0.15, 0.2) is 17.6 Å². The molecule has 0 amide bonds. The maximum absolute atomic E-state index is 13.7. The number of nitrogens with two attached hydrogens (primary N) is 1. The summed E-state index contributed by atoms with van der Waals surface area (Å²) in [5.41, 5.74) is 11.3. The van der Waals surface area contributed by atoms with Gasteiger partial charge < -0.3 is 10.6 Å². The van der Waals surface area contributed by atoms with E-state index in [2.05, 4.69) is 9.88 Å². The third kappa shape index (κ3) is 2.99. The van der Waals surface area contributed by atoms with Gasteiger partial charge in [0.2, 0.25) is 0 Å². The van der Waals surface area contributed by atoms with E-state index in [-0.39, 0.29) is 11.9 Å². The van der Waals surface area contributed by atoms with Gasteiger partial charge in [0.05, 0.1) is 17.7 Å². The molecule has 2 rings (SSSR count). The summed E-state index contributed by atoms with van der Waals surface area (Å²) in [7, 11) is 2.00. The Balaban J connectivity index is 2.36. The molecule has 0 saturated carbocycles. The Bertz CT molecular complexity index is 607. The van der Waals surface area contributed by atoms with Crippen LogP contribution in [-0.4, -0.2) is 12.0 Å². The number of anilines is 1. The minimum absolute atomic E-state index is 0.204. The molecule has 0 unspecified atom stereocenters. The lowest BCUT2D eigenvalue weighted by molar-refractivity contribution is 0.612. The molecule has 0 saturated heterocycles. The predicted octanol–water partition coefficient (Wildman–Crippen LogP) is 3.56. The number of aryl methyl sites for hydroxylation is 2. The normalized spacial score (nSPS) is 12.5. The van der Waals surface area contributed by atoms with Crippen molar-refractivity contribution < 1.29 is 4.39 Å². The lowest BCUT2D eigenvalue weighted by Crippen LogP contribution is -2.20. The summed E-state index contributed by atoms with van der Waals surface area (Å²) in [5.74, 6) is -0.205. The lowest BCUT2D eigenvalue weighted by atomic mass is 10.0. The van der Waals surface area contributed by atoms with Crippen molar-refractivity contribution in [1.82, 2.24) is 4.98 Å². The Morgan fingerprint density at radius 1 is 1.40 bits per heavy atom. The minimum Gasteiger partial charge on any atom is -0.369 e. The van der Waals surface area contributed by atoms with Gasteiger partial charge in [0.15, 0.2) is 0 Å². The van der Waals surface area contributed by atoms with Gasteiger partial charge in [-0.3, -0.25) is 0 Å². The molecule has 0 aliphatic carbocycles. The topological polar surface area (TPSA) is 42.2 Å². The molecular formula is C15H20FN3S. The first kappa shape index (κ1) is 14.9. The van der Waals surface area contributed by atoms with E-state index in [9.17, 15) is 4.39 Å². The average Bonchev–Trinajstić information content (AvgIpc) is 2.77. The standard InChI is InChI=1S/C15H20FN3S/c1-9-5-14(12(10(2)17)6-13(9)16)19(4)7-15-11(3)18-8-20-15/h5-6,8,10H,7,17H2,1-4H3/t10-/m1/s1. The number of hydrogen-bond donors (Lipinski definition) is 1. The third-order valence-corrected chi connectivity index (χ3v) is 4.36. The molecule has 0 radical (unpaired) electrons. The Kier molecular flexibility index (Phi) is 4.40. The fourth-order valence-electron chi connectivity index (χ4n) is 2.16. The van der Waals surface area contributed by atoms with E-state index in [0.29, 0.717) is 5.56 Å². The molecule has 2 aromatic rings. The van der Waals surface area contributed by atoms with E-state index < -0.39 is 0 Å². The van der Waals surface area contributed by atoms with Crippen molar-refractivity contribution in [3.05, 3.63) is 45.2 Å². The van der Waals surface area contributed by atoms with E-state index in [4.69, 9.17) is 5.73 Å². The second-order valence-electron chi connectivity index (χ2n) is 5.17. The second kappa shape index (κ2) is 5.89. The molecule has 1 atom stereocenters. The quantitative estimate of drug-likeness (QED) is 0.937.